The first-order valence-electron chi connectivity index (χ1n) is 8.36. The van der Waals surface area contributed by atoms with Gasteiger partial charge in [-0.15, -0.1) is 12.4 Å². The highest BCUT2D eigenvalue weighted by atomic mass is 35.5. The molecule has 1 unspecified atom stereocenters. The Hall–Kier alpha value is -1.79. The summed E-state index contributed by atoms with van der Waals surface area (Å²) in [4.78, 5) is 26.7. The highest BCUT2D eigenvalue weighted by molar-refractivity contribution is 6.35. The van der Waals surface area contributed by atoms with Crippen LogP contribution in [0, 0.1) is 0 Å². The van der Waals surface area contributed by atoms with E-state index in [4.69, 9.17) is 28.9 Å². The lowest BCUT2D eigenvalue weighted by molar-refractivity contribution is 0.0741. The average Bonchev–Trinajstić information content (AvgIpc) is 3.09. The van der Waals surface area contributed by atoms with Crippen molar-refractivity contribution in [1.29, 1.82) is 0 Å². The number of anilines is 1. The van der Waals surface area contributed by atoms with Crippen LogP contribution in [0.15, 0.2) is 42.5 Å². The van der Waals surface area contributed by atoms with Crippen LogP contribution in [0.2, 0.25) is 10.0 Å². The number of rotatable bonds is 4. The summed E-state index contributed by atoms with van der Waals surface area (Å²) in [5.41, 5.74) is 7.26. The summed E-state index contributed by atoms with van der Waals surface area (Å²) in [7, 11) is 0. The van der Waals surface area contributed by atoms with Crippen LogP contribution in [-0.2, 0) is 0 Å². The van der Waals surface area contributed by atoms with Gasteiger partial charge in [0.15, 0.2) is 0 Å². The normalized spacial score (nSPS) is 16.0. The molecule has 0 spiro atoms. The number of halogens is 3. The Morgan fingerprint density at radius 2 is 1.70 bits per heavy atom. The van der Waals surface area contributed by atoms with E-state index in [2.05, 4.69) is 5.32 Å². The fourth-order valence-corrected chi connectivity index (χ4v) is 3.62. The van der Waals surface area contributed by atoms with Gasteiger partial charge in [-0.05, 0) is 55.3 Å². The minimum atomic E-state index is -0.323. The van der Waals surface area contributed by atoms with Crippen molar-refractivity contribution in [2.24, 2.45) is 5.73 Å². The highest BCUT2D eigenvalue weighted by Gasteiger charge is 2.28. The third kappa shape index (κ3) is 5.14. The molecule has 5 nitrogen and oxygen atoms in total. The molecule has 8 heteroatoms. The Bertz CT molecular complexity index is 807. The topological polar surface area (TPSA) is 75.4 Å². The van der Waals surface area contributed by atoms with Gasteiger partial charge in [0, 0.05) is 46.0 Å². The van der Waals surface area contributed by atoms with Gasteiger partial charge in [0.1, 0.15) is 0 Å². The molecule has 0 aliphatic carbocycles. The molecule has 1 aliphatic heterocycles. The van der Waals surface area contributed by atoms with Crippen LogP contribution in [-0.4, -0.2) is 35.8 Å². The molecule has 1 fully saturated rings. The quantitative estimate of drug-likeness (QED) is 0.765. The Kier molecular flexibility index (Phi) is 7.50. The minimum Gasteiger partial charge on any atom is -0.334 e. The molecule has 1 saturated heterocycles. The van der Waals surface area contributed by atoms with Gasteiger partial charge in [0.05, 0.1) is 0 Å². The molecule has 2 amide bonds. The Morgan fingerprint density at radius 3 is 2.30 bits per heavy atom. The summed E-state index contributed by atoms with van der Waals surface area (Å²) in [6.45, 7) is 1.21. The lowest BCUT2D eigenvalue weighted by Crippen LogP contribution is -2.39. The molecule has 2 aromatic rings. The maximum Gasteiger partial charge on any atom is 0.255 e. The van der Waals surface area contributed by atoms with Crippen LogP contribution >= 0.6 is 35.6 Å². The number of nitrogens with zero attached hydrogens (tertiary/aromatic N) is 1. The molecule has 1 heterocycles. The summed E-state index contributed by atoms with van der Waals surface area (Å²) in [6.07, 6.45) is 1.92. The van der Waals surface area contributed by atoms with Gasteiger partial charge in [-0.1, -0.05) is 23.2 Å². The SMILES string of the molecule is Cl.NCC1CCCN1C(=O)c1ccc(NC(=O)c2cc(Cl)cc(Cl)c2)cc1. The molecule has 1 atom stereocenters. The summed E-state index contributed by atoms with van der Waals surface area (Å²) >= 11 is 11.8. The largest absolute Gasteiger partial charge is 0.334 e. The number of carbonyl (C=O) groups excluding carboxylic acids is 2. The summed E-state index contributed by atoms with van der Waals surface area (Å²) in [6, 6.07) is 11.6. The molecule has 3 N–H and O–H groups in total. The molecular weight excluding hydrogens is 409 g/mol. The maximum atomic E-state index is 12.6. The monoisotopic (exact) mass is 427 g/mol. The number of likely N-dealkylation sites (tertiary alicyclic amines) is 1. The lowest BCUT2D eigenvalue weighted by Gasteiger charge is -2.23. The first-order valence-corrected chi connectivity index (χ1v) is 9.12. The average molecular weight is 429 g/mol. The second-order valence-corrected chi connectivity index (χ2v) is 7.09. The smallest absolute Gasteiger partial charge is 0.255 e. The number of nitrogens with two attached hydrogens (primary N) is 1. The Labute approximate surface area is 174 Å². The molecule has 0 radical (unpaired) electrons. The molecule has 0 bridgehead atoms. The lowest BCUT2D eigenvalue weighted by atomic mass is 10.1. The van der Waals surface area contributed by atoms with Crippen molar-refractivity contribution >= 4 is 53.1 Å². The fraction of sp³-hybridized carbons (Fsp3) is 0.263. The van der Waals surface area contributed by atoms with Crippen molar-refractivity contribution in [1.82, 2.24) is 4.90 Å². The summed E-state index contributed by atoms with van der Waals surface area (Å²) in [5, 5.41) is 3.55. The van der Waals surface area contributed by atoms with Gasteiger partial charge in [-0.3, -0.25) is 9.59 Å². The molecule has 1 aliphatic rings. The summed E-state index contributed by atoms with van der Waals surface area (Å²) < 4.78 is 0. The zero-order valence-electron chi connectivity index (χ0n) is 14.5. The van der Waals surface area contributed by atoms with Crippen LogP contribution in [0.5, 0.6) is 0 Å². The van der Waals surface area contributed by atoms with Gasteiger partial charge in [0.25, 0.3) is 11.8 Å². The number of amides is 2. The number of hydrogen-bond donors (Lipinski definition) is 2. The Morgan fingerprint density at radius 1 is 1.07 bits per heavy atom. The van der Waals surface area contributed by atoms with E-state index in [-0.39, 0.29) is 30.3 Å². The predicted octanol–water partition coefficient (Wildman–Crippen LogP) is 4.23. The molecule has 27 heavy (non-hydrogen) atoms. The Balaban J connectivity index is 0.00000261. The zero-order valence-corrected chi connectivity index (χ0v) is 16.8. The van der Waals surface area contributed by atoms with Crippen molar-refractivity contribution in [2.45, 2.75) is 18.9 Å². The highest BCUT2D eigenvalue weighted by Crippen LogP contribution is 2.22. The minimum absolute atomic E-state index is 0. The zero-order chi connectivity index (χ0) is 18.7. The van der Waals surface area contributed by atoms with Crippen LogP contribution in [0.4, 0.5) is 5.69 Å². The molecule has 3 rings (SSSR count). The van der Waals surface area contributed by atoms with E-state index in [9.17, 15) is 9.59 Å². The third-order valence-corrected chi connectivity index (χ3v) is 4.86. The molecule has 0 aromatic heterocycles. The predicted molar refractivity (Wildman–Crippen MR) is 111 cm³/mol. The van der Waals surface area contributed by atoms with Gasteiger partial charge >= 0.3 is 0 Å². The number of carbonyl (C=O) groups is 2. The van der Waals surface area contributed by atoms with E-state index < -0.39 is 0 Å². The van der Waals surface area contributed by atoms with Crippen molar-refractivity contribution in [3.8, 4) is 0 Å². The van der Waals surface area contributed by atoms with Crippen LogP contribution in [0.3, 0.4) is 0 Å². The van der Waals surface area contributed by atoms with Gasteiger partial charge in [-0.2, -0.15) is 0 Å². The van der Waals surface area contributed by atoms with E-state index in [1.165, 1.54) is 0 Å². The van der Waals surface area contributed by atoms with Gasteiger partial charge in [0.2, 0.25) is 0 Å². The van der Waals surface area contributed by atoms with E-state index in [1.54, 1.807) is 42.5 Å². The molecular formula is C19H20Cl3N3O2. The number of hydrogen-bond acceptors (Lipinski definition) is 3. The molecule has 144 valence electrons. The van der Waals surface area contributed by atoms with Gasteiger partial charge in [-0.25, -0.2) is 0 Å². The van der Waals surface area contributed by atoms with Crippen LogP contribution in [0.1, 0.15) is 33.6 Å². The van der Waals surface area contributed by atoms with Gasteiger partial charge < -0.3 is 16.0 Å². The number of nitrogens with one attached hydrogen (secondary N) is 1. The second-order valence-electron chi connectivity index (χ2n) is 6.22. The number of benzene rings is 2. The van der Waals surface area contributed by atoms with Crippen molar-refractivity contribution < 1.29 is 9.59 Å². The fourth-order valence-electron chi connectivity index (χ4n) is 3.10. The van der Waals surface area contributed by atoms with E-state index in [0.717, 1.165) is 19.4 Å². The molecule has 2 aromatic carbocycles. The van der Waals surface area contributed by atoms with E-state index >= 15 is 0 Å². The van der Waals surface area contributed by atoms with Crippen molar-refractivity contribution in [3.63, 3.8) is 0 Å². The van der Waals surface area contributed by atoms with Crippen LogP contribution in [0.25, 0.3) is 0 Å². The van der Waals surface area contributed by atoms with Crippen LogP contribution < -0.4 is 11.1 Å². The molecule has 0 saturated carbocycles. The standard InChI is InChI=1S/C19H19Cl2N3O2.ClH/c20-14-8-13(9-15(21)10-14)18(25)23-16-5-3-12(4-6-16)19(26)24-7-1-2-17(24)11-22;/h3-6,8-10,17H,1-2,7,11,22H2,(H,23,25);1H. The second kappa shape index (κ2) is 9.42. The first kappa shape index (κ1) is 21.5. The first-order chi connectivity index (χ1) is 12.5. The van der Waals surface area contributed by atoms with E-state index in [1.807, 2.05) is 4.90 Å². The van der Waals surface area contributed by atoms with Crippen molar-refractivity contribution in [3.05, 3.63) is 63.6 Å². The maximum absolute atomic E-state index is 12.6. The third-order valence-electron chi connectivity index (χ3n) is 4.42. The summed E-state index contributed by atoms with van der Waals surface area (Å²) in [5.74, 6) is -0.353. The van der Waals surface area contributed by atoms with Crippen molar-refractivity contribution in [2.75, 3.05) is 18.4 Å². The van der Waals surface area contributed by atoms with E-state index in [0.29, 0.717) is 33.4 Å².